The minimum absolute atomic E-state index is 0.0141. The van der Waals surface area contributed by atoms with E-state index in [0.29, 0.717) is 10.9 Å². The number of phenols is 1. The second kappa shape index (κ2) is 5.93. The highest BCUT2D eigenvalue weighted by Gasteiger charge is 2.13. The van der Waals surface area contributed by atoms with Crippen molar-refractivity contribution in [2.24, 2.45) is 0 Å². The van der Waals surface area contributed by atoms with Crippen LogP contribution in [0, 0.1) is 0 Å². The summed E-state index contributed by atoms with van der Waals surface area (Å²) in [6.45, 7) is 3.78. The van der Waals surface area contributed by atoms with Gasteiger partial charge >= 0.3 is 0 Å². The minimum atomic E-state index is -0.275. The lowest BCUT2D eigenvalue weighted by molar-refractivity contribution is 0.480. The van der Waals surface area contributed by atoms with Gasteiger partial charge in [0.2, 0.25) is 0 Å². The molecule has 122 valence electrons. The summed E-state index contributed by atoms with van der Waals surface area (Å²) >= 11 is 0. The lowest BCUT2D eigenvalue weighted by Crippen LogP contribution is -2.43. The maximum absolute atomic E-state index is 11.9. The van der Waals surface area contributed by atoms with E-state index >= 15 is 0 Å². The van der Waals surface area contributed by atoms with E-state index in [-0.39, 0.29) is 11.3 Å². The summed E-state index contributed by atoms with van der Waals surface area (Å²) in [6.07, 6.45) is 3.05. The average molecular weight is 323 g/mol. The van der Waals surface area contributed by atoms with Gasteiger partial charge in [-0.15, -0.1) is 0 Å². The Morgan fingerprint density at radius 1 is 1.08 bits per heavy atom. The Hall–Kier alpha value is -2.93. The van der Waals surface area contributed by atoms with Crippen LogP contribution in [-0.4, -0.2) is 46.2 Å². The molecule has 0 amide bonds. The van der Waals surface area contributed by atoms with Crippen molar-refractivity contribution < 1.29 is 5.11 Å². The van der Waals surface area contributed by atoms with Crippen LogP contribution >= 0.6 is 0 Å². The standard InChI is InChI=1S/C17H17N5O2/c23-14-8-12(7-13-16(14)20-10-21-17(13)24)11-1-2-15(19-9-11)22-5-3-18-4-6-22/h1-2,7-10,18,23H,3-6H2,(H,20,21,24). The molecule has 0 bridgehead atoms. The van der Waals surface area contributed by atoms with E-state index in [4.69, 9.17) is 0 Å². The number of piperazine rings is 1. The van der Waals surface area contributed by atoms with Crippen molar-refractivity contribution in [2.45, 2.75) is 0 Å². The summed E-state index contributed by atoms with van der Waals surface area (Å²) in [4.78, 5) is 25.2. The topological polar surface area (TPSA) is 94.1 Å². The molecule has 3 heterocycles. The second-order valence-corrected chi connectivity index (χ2v) is 5.77. The molecule has 1 saturated heterocycles. The smallest absolute Gasteiger partial charge is 0.258 e. The fourth-order valence-electron chi connectivity index (χ4n) is 2.97. The number of pyridine rings is 1. The number of nitrogens with one attached hydrogen (secondary N) is 2. The molecule has 1 aromatic carbocycles. The fraction of sp³-hybridized carbons (Fsp3) is 0.235. The van der Waals surface area contributed by atoms with Crippen molar-refractivity contribution in [1.29, 1.82) is 0 Å². The first-order valence-electron chi connectivity index (χ1n) is 7.85. The van der Waals surface area contributed by atoms with E-state index in [1.54, 1.807) is 18.3 Å². The van der Waals surface area contributed by atoms with Crippen LogP contribution in [-0.2, 0) is 0 Å². The van der Waals surface area contributed by atoms with E-state index < -0.39 is 0 Å². The first-order valence-corrected chi connectivity index (χ1v) is 7.85. The van der Waals surface area contributed by atoms with Gasteiger partial charge in [-0.1, -0.05) is 0 Å². The summed E-state index contributed by atoms with van der Waals surface area (Å²) < 4.78 is 0. The van der Waals surface area contributed by atoms with Crippen molar-refractivity contribution in [2.75, 3.05) is 31.1 Å². The molecule has 0 atom stereocenters. The van der Waals surface area contributed by atoms with Crippen LogP contribution in [0.4, 0.5) is 5.82 Å². The Kier molecular flexibility index (Phi) is 3.62. The minimum Gasteiger partial charge on any atom is -0.506 e. The summed E-state index contributed by atoms with van der Waals surface area (Å²) in [5.41, 5.74) is 1.60. The quantitative estimate of drug-likeness (QED) is 0.654. The molecule has 2 aromatic heterocycles. The molecule has 1 fully saturated rings. The Bertz CT molecular complexity index is 930. The van der Waals surface area contributed by atoms with Crippen LogP contribution in [0.15, 0.2) is 41.6 Å². The van der Waals surface area contributed by atoms with Crippen molar-refractivity contribution in [3.05, 3.63) is 47.1 Å². The predicted molar refractivity (Wildman–Crippen MR) is 92.3 cm³/mol. The number of aromatic nitrogens is 3. The van der Waals surface area contributed by atoms with Crippen LogP contribution in [0.3, 0.4) is 0 Å². The van der Waals surface area contributed by atoms with Crippen molar-refractivity contribution in [3.63, 3.8) is 0 Å². The molecular weight excluding hydrogens is 306 g/mol. The second-order valence-electron chi connectivity index (χ2n) is 5.77. The highest BCUT2D eigenvalue weighted by atomic mass is 16.3. The predicted octanol–water partition coefficient (Wildman–Crippen LogP) is 1.10. The maximum atomic E-state index is 11.9. The van der Waals surface area contributed by atoms with Gasteiger partial charge in [0.05, 0.1) is 11.7 Å². The van der Waals surface area contributed by atoms with Crippen molar-refractivity contribution >= 4 is 16.7 Å². The molecule has 1 aliphatic rings. The molecule has 1 aliphatic heterocycles. The molecule has 24 heavy (non-hydrogen) atoms. The van der Waals surface area contributed by atoms with Crippen LogP contribution in [0.25, 0.3) is 22.0 Å². The molecule has 0 spiro atoms. The molecule has 3 aromatic rings. The highest BCUT2D eigenvalue weighted by molar-refractivity contribution is 5.88. The number of phenolic OH excluding ortho intramolecular Hbond substituents is 1. The number of aromatic amines is 1. The summed E-state index contributed by atoms with van der Waals surface area (Å²) in [6, 6.07) is 7.25. The maximum Gasteiger partial charge on any atom is 0.258 e. The highest BCUT2D eigenvalue weighted by Crippen LogP contribution is 2.29. The zero-order valence-electron chi connectivity index (χ0n) is 13.0. The Balaban J connectivity index is 1.72. The summed E-state index contributed by atoms with van der Waals surface area (Å²) in [5, 5.41) is 13.8. The Morgan fingerprint density at radius 3 is 2.67 bits per heavy atom. The lowest BCUT2D eigenvalue weighted by atomic mass is 10.0. The van der Waals surface area contributed by atoms with Gasteiger partial charge in [0.1, 0.15) is 17.1 Å². The SMILES string of the molecule is O=c1[nH]cnc2c(O)cc(-c3ccc(N4CCNCC4)nc3)cc12. The molecule has 0 saturated carbocycles. The number of hydrogen-bond donors (Lipinski definition) is 3. The van der Waals surface area contributed by atoms with Gasteiger partial charge < -0.3 is 20.3 Å². The number of nitrogens with zero attached hydrogens (tertiary/aromatic N) is 3. The summed E-state index contributed by atoms with van der Waals surface area (Å²) in [5.74, 6) is 0.921. The monoisotopic (exact) mass is 323 g/mol. The van der Waals surface area contributed by atoms with E-state index in [9.17, 15) is 9.90 Å². The molecule has 4 rings (SSSR count). The van der Waals surface area contributed by atoms with Gasteiger partial charge in [-0.05, 0) is 29.8 Å². The zero-order chi connectivity index (χ0) is 16.5. The number of H-pyrrole nitrogens is 1. The zero-order valence-corrected chi connectivity index (χ0v) is 13.0. The van der Waals surface area contributed by atoms with Crippen molar-refractivity contribution in [1.82, 2.24) is 20.3 Å². The summed E-state index contributed by atoms with van der Waals surface area (Å²) in [7, 11) is 0. The fourth-order valence-corrected chi connectivity index (χ4v) is 2.97. The van der Waals surface area contributed by atoms with Gasteiger partial charge in [-0.3, -0.25) is 4.79 Å². The van der Waals surface area contributed by atoms with Gasteiger partial charge in [-0.25, -0.2) is 9.97 Å². The third-order valence-electron chi connectivity index (χ3n) is 4.25. The van der Waals surface area contributed by atoms with Gasteiger partial charge in [-0.2, -0.15) is 0 Å². The first kappa shape index (κ1) is 14.6. The van der Waals surface area contributed by atoms with E-state index in [1.165, 1.54) is 6.33 Å². The van der Waals surface area contributed by atoms with E-state index in [1.807, 2.05) is 12.1 Å². The largest absolute Gasteiger partial charge is 0.506 e. The normalized spacial score (nSPS) is 14.9. The van der Waals surface area contributed by atoms with Gasteiger partial charge in [0.25, 0.3) is 5.56 Å². The van der Waals surface area contributed by atoms with Gasteiger partial charge in [0.15, 0.2) is 0 Å². The number of anilines is 1. The molecule has 7 nitrogen and oxygen atoms in total. The molecule has 7 heteroatoms. The Morgan fingerprint density at radius 2 is 1.92 bits per heavy atom. The average Bonchev–Trinajstić information content (AvgIpc) is 2.63. The number of aromatic hydroxyl groups is 1. The number of rotatable bonds is 2. The Labute approximate surface area is 138 Å². The van der Waals surface area contributed by atoms with Crippen LogP contribution in [0.5, 0.6) is 5.75 Å². The lowest BCUT2D eigenvalue weighted by Gasteiger charge is -2.28. The number of hydrogen-bond acceptors (Lipinski definition) is 6. The molecule has 0 unspecified atom stereocenters. The third-order valence-corrected chi connectivity index (χ3v) is 4.25. The number of fused-ring (bicyclic) bond motifs is 1. The molecular formula is C17H17N5O2. The van der Waals surface area contributed by atoms with E-state index in [0.717, 1.165) is 43.1 Å². The van der Waals surface area contributed by atoms with Gasteiger partial charge in [0, 0.05) is 37.9 Å². The number of benzene rings is 1. The first-order chi connectivity index (χ1) is 11.7. The third kappa shape index (κ3) is 2.59. The van der Waals surface area contributed by atoms with Crippen LogP contribution in [0.2, 0.25) is 0 Å². The molecule has 0 radical (unpaired) electrons. The molecule has 3 N–H and O–H groups in total. The van der Waals surface area contributed by atoms with E-state index in [2.05, 4.69) is 25.2 Å². The van der Waals surface area contributed by atoms with Crippen LogP contribution < -0.4 is 15.8 Å². The van der Waals surface area contributed by atoms with Crippen molar-refractivity contribution in [3.8, 4) is 16.9 Å². The van der Waals surface area contributed by atoms with Crippen LogP contribution in [0.1, 0.15) is 0 Å². The molecule has 0 aliphatic carbocycles.